The first kappa shape index (κ1) is 17.8. The van der Waals surface area contributed by atoms with E-state index < -0.39 is 6.10 Å². The van der Waals surface area contributed by atoms with Crippen molar-refractivity contribution in [2.24, 2.45) is 0 Å². The Kier molecular flexibility index (Phi) is 6.02. The van der Waals surface area contributed by atoms with Gasteiger partial charge in [0, 0.05) is 32.6 Å². The maximum Gasteiger partial charge on any atom is 0.222 e. The summed E-state index contributed by atoms with van der Waals surface area (Å²) in [6.07, 6.45) is 1.01. The zero-order valence-corrected chi connectivity index (χ0v) is 14.6. The third kappa shape index (κ3) is 4.69. The molecular weight excluding hydrogens is 292 g/mol. The van der Waals surface area contributed by atoms with Gasteiger partial charge in [0.25, 0.3) is 0 Å². The van der Waals surface area contributed by atoms with Gasteiger partial charge in [0.2, 0.25) is 5.91 Å². The molecule has 23 heavy (non-hydrogen) atoms. The number of hydrogen-bond acceptors (Lipinski definition) is 4. The summed E-state index contributed by atoms with van der Waals surface area (Å²) in [4.78, 5) is 15.5. The molecule has 0 bridgehead atoms. The molecule has 1 N–H and O–H groups in total. The number of aliphatic hydroxyl groups excluding tert-OH is 1. The van der Waals surface area contributed by atoms with Crippen LogP contribution in [0.4, 0.5) is 0 Å². The summed E-state index contributed by atoms with van der Waals surface area (Å²) in [5, 5.41) is 10.2. The van der Waals surface area contributed by atoms with Crippen LogP contribution in [0.25, 0.3) is 0 Å². The van der Waals surface area contributed by atoms with E-state index >= 15 is 0 Å². The molecule has 1 aliphatic heterocycles. The normalized spacial score (nSPS) is 16.3. The van der Waals surface area contributed by atoms with Crippen LogP contribution in [0.2, 0.25) is 0 Å². The van der Waals surface area contributed by atoms with E-state index in [0.717, 1.165) is 36.4 Å². The molecular formula is C18H28N2O3. The monoisotopic (exact) mass is 320 g/mol. The molecule has 1 atom stereocenters. The van der Waals surface area contributed by atoms with Gasteiger partial charge in [-0.05, 0) is 44.0 Å². The fourth-order valence-corrected chi connectivity index (χ4v) is 3.40. The fraction of sp³-hybridized carbons (Fsp3) is 0.611. The van der Waals surface area contributed by atoms with E-state index in [9.17, 15) is 9.90 Å². The standard InChI is InChI=1S/C18H28N2O3/c1-13-8-15(9-14(2)18(13)23-4)10-19(3)11-16(21)12-20-7-5-6-17(20)22/h8-9,16,21H,5-7,10-12H2,1-4H3. The molecule has 1 amide bonds. The molecule has 1 unspecified atom stereocenters. The van der Waals surface area contributed by atoms with Crippen molar-refractivity contribution in [1.82, 2.24) is 9.80 Å². The van der Waals surface area contributed by atoms with E-state index in [0.29, 0.717) is 19.5 Å². The lowest BCUT2D eigenvalue weighted by Crippen LogP contribution is -2.39. The number of hydrogen-bond donors (Lipinski definition) is 1. The van der Waals surface area contributed by atoms with Crippen LogP contribution in [-0.2, 0) is 11.3 Å². The smallest absolute Gasteiger partial charge is 0.222 e. The SMILES string of the molecule is COc1c(C)cc(CN(C)CC(O)CN2CCCC2=O)cc1C. The molecule has 1 saturated heterocycles. The number of amides is 1. The molecule has 5 nitrogen and oxygen atoms in total. The molecule has 1 fully saturated rings. The van der Waals surface area contributed by atoms with Gasteiger partial charge >= 0.3 is 0 Å². The first-order chi connectivity index (χ1) is 10.9. The lowest BCUT2D eigenvalue weighted by atomic mass is 10.1. The average molecular weight is 320 g/mol. The number of carbonyl (C=O) groups excluding carboxylic acids is 1. The summed E-state index contributed by atoms with van der Waals surface area (Å²) in [6.45, 7) is 6.61. The molecule has 1 aromatic rings. The number of rotatable bonds is 7. The van der Waals surface area contributed by atoms with Crippen LogP contribution < -0.4 is 4.74 Å². The second-order valence-corrected chi connectivity index (χ2v) is 6.56. The van der Waals surface area contributed by atoms with Gasteiger partial charge in [-0.3, -0.25) is 9.69 Å². The number of aryl methyl sites for hydroxylation is 2. The zero-order valence-electron chi connectivity index (χ0n) is 14.6. The van der Waals surface area contributed by atoms with Gasteiger partial charge in [0.15, 0.2) is 0 Å². The number of likely N-dealkylation sites (tertiary alicyclic amines) is 1. The first-order valence-electron chi connectivity index (χ1n) is 8.19. The molecule has 0 spiro atoms. The molecule has 0 saturated carbocycles. The molecule has 1 heterocycles. The van der Waals surface area contributed by atoms with Gasteiger partial charge in [0.1, 0.15) is 5.75 Å². The van der Waals surface area contributed by atoms with E-state index in [4.69, 9.17) is 4.74 Å². The summed E-state index contributed by atoms with van der Waals surface area (Å²) in [5.74, 6) is 1.09. The summed E-state index contributed by atoms with van der Waals surface area (Å²) < 4.78 is 5.39. The van der Waals surface area contributed by atoms with E-state index in [1.165, 1.54) is 5.56 Å². The van der Waals surface area contributed by atoms with Crippen molar-refractivity contribution in [2.45, 2.75) is 39.3 Å². The number of β-amino-alcohol motifs (C(OH)–C–C–N with tert-alkyl or cyclic N) is 1. The number of nitrogens with zero attached hydrogens (tertiary/aromatic N) is 2. The predicted molar refractivity (Wildman–Crippen MR) is 90.6 cm³/mol. The Bertz CT molecular complexity index is 536. The Morgan fingerprint density at radius 1 is 1.35 bits per heavy atom. The second kappa shape index (κ2) is 7.79. The second-order valence-electron chi connectivity index (χ2n) is 6.56. The van der Waals surface area contributed by atoms with Crippen LogP contribution in [0.3, 0.4) is 0 Å². The molecule has 0 radical (unpaired) electrons. The Labute approximate surface area is 138 Å². The number of likely N-dealkylation sites (N-methyl/N-ethyl adjacent to an activating group) is 1. The lowest BCUT2D eigenvalue weighted by Gasteiger charge is -2.25. The third-order valence-electron chi connectivity index (χ3n) is 4.30. The Balaban J connectivity index is 1.89. The molecule has 5 heteroatoms. The van der Waals surface area contributed by atoms with Crippen molar-refractivity contribution >= 4 is 5.91 Å². The number of benzene rings is 1. The fourth-order valence-electron chi connectivity index (χ4n) is 3.40. The molecule has 128 valence electrons. The Hall–Kier alpha value is -1.59. The summed E-state index contributed by atoms with van der Waals surface area (Å²) in [7, 11) is 3.68. The Morgan fingerprint density at radius 2 is 2.00 bits per heavy atom. The highest BCUT2D eigenvalue weighted by Gasteiger charge is 2.23. The van der Waals surface area contributed by atoms with Crippen molar-refractivity contribution in [2.75, 3.05) is 33.8 Å². The van der Waals surface area contributed by atoms with Gasteiger partial charge in [-0.1, -0.05) is 12.1 Å². The minimum Gasteiger partial charge on any atom is -0.496 e. The maximum atomic E-state index is 11.6. The van der Waals surface area contributed by atoms with Crippen LogP contribution in [0, 0.1) is 13.8 Å². The minimum absolute atomic E-state index is 0.160. The zero-order chi connectivity index (χ0) is 17.0. The number of ether oxygens (including phenoxy) is 1. The minimum atomic E-state index is -0.512. The first-order valence-corrected chi connectivity index (χ1v) is 8.19. The van der Waals surface area contributed by atoms with E-state index in [-0.39, 0.29) is 5.91 Å². The molecule has 2 rings (SSSR count). The highest BCUT2D eigenvalue weighted by Crippen LogP contribution is 2.24. The van der Waals surface area contributed by atoms with Crippen molar-refractivity contribution in [3.8, 4) is 5.75 Å². The number of aliphatic hydroxyl groups is 1. The number of carbonyl (C=O) groups is 1. The van der Waals surface area contributed by atoms with E-state index in [1.807, 2.05) is 20.9 Å². The van der Waals surface area contributed by atoms with Crippen molar-refractivity contribution in [3.63, 3.8) is 0 Å². The molecule has 1 aromatic carbocycles. The molecule has 0 aromatic heterocycles. The van der Waals surface area contributed by atoms with Crippen LogP contribution in [0.5, 0.6) is 5.75 Å². The highest BCUT2D eigenvalue weighted by molar-refractivity contribution is 5.78. The Morgan fingerprint density at radius 3 is 2.52 bits per heavy atom. The van der Waals surface area contributed by atoms with Crippen LogP contribution in [-0.4, -0.2) is 60.7 Å². The third-order valence-corrected chi connectivity index (χ3v) is 4.30. The van der Waals surface area contributed by atoms with Crippen LogP contribution in [0.1, 0.15) is 29.5 Å². The van der Waals surface area contributed by atoms with Gasteiger partial charge in [-0.25, -0.2) is 0 Å². The maximum absolute atomic E-state index is 11.6. The van der Waals surface area contributed by atoms with E-state index in [1.54, 1.807) is 12.0 Å². The van der Waals surface area contributed by atoms with Gasteiger partial charge in [-0.15, -0.1) is 0 Å². The van der Waals surface area contributed by atoms with Gasteiger partial charge < -0.3 is 14.7 Å². The summed E-state index contributed by atoms with van der Waals surface area (Å²) in [6, 6.07) is 4.25. The van der Waals surface area contributed by atoms with Crippen molar-refractivity contribution < 1.29 is 14.6 Å². The van der Waals surface area contributed by atoms with Gasteiger partial charge in [0.05, 0.1) is 13.2 Å². The summed E-state index contributed by atoms with van der Waals surface area (Å²) >= 11 is 0. The van der Waals surface area contributed by atoms with Gasteiger partial charge in [-0.2, -0.15) is 0 Å². The van der Waals surface area contributed by atoms with Crippen LogP contribution >= 0.6 is 0 Å². The average Bonchev–Trinajstić information content (AvgIpc) is 2.83. The molecule has 0 aliphatic carbocycles. The molecule has 1 aliphatic rings. The lowest BCUT2D eigenvalue weighted by molar-refractivity contribution is -0.129. The van der Waals surface area contributed by atoms with Crippen LogP contribution in [0.15, 0.2) is 12.1 Å². The summed E-state index contributed by atoms with van der Waals surface area (Å²) in [5.41, 5.74) is 3.45. The quantitative estimate of drug-likeness (QED) is 0.831. The van der Waals surface area contributed by atoms with Crippen molar-refractivity contribution in [1.29, 1.82) is 0 Å². The van der Waals surface area contributed by atoms with E-state index in [2.05, 4.69) is 17.0 Å². The van der Waals surface area contributed by atoms with Crippen molar-refractivity contribution in [3.05, 3.63) is 28.8 Å². The number of methoxy groups -OCH3 is 1. The topological polar surface area (TPSA) is 53.0 Å². The largest absolute Gasteiger partial charge is 0.496 e. The predicted octanol–water partition coefficient (Wildman–Crippen LogP) is 1.73. The highest BCUT2D eigenvalue weighted by atomic mass is 16.5.